The summed E-state index contributed by atoms with van der Waals surface area (Å²) in [6.45, 7) is 1.47. The average molecular weight is 272 g/mol. The predicted molar refractivity (Wildman–Crippen MR) is 69.5 cm³/mol. The number of nitrogens with two attached hydrogens (primary N) is 1. The first-order valence-corrected chi connectivity index (χ1v) is 7.58. The first kappa shape index (κ1) is 13.5. The Balaban J connectivity index is 1.86. The molecule has 0 atom stereocenters. The van der Waals surface area contributed by atoms with Crippen molar-refractivity contribution in [3.05, 3.63) is 18.0 Å². The maximum Gasteiger partial charge on any atom is 0.242 e. The number of aromatic amines is 1. The predicted octanol–water partition coefficient (Wildman–Crippen LogP) is -0.154. The van der Waals surface area contributed by atoms with E-state index in [1.54, 1.807) is 6.07 Å². The lowest BCUT2D eigenvalue weighted by molar-refractivity contribution is 0.329. The average Bonchev–Trinajstić information content (AvgIpc) is 3.06. The van der Waals surface area contributed by atoms with Gasteiger partial charge in [-0.15, -0.1) is 0 Å². The molecule has 0 aliphatic heterocycles. The normalized spacial score (nSPS) is 16.4. The second kappa shape index (κ2) is 5.40. The summed E-state index contributed by atoms with van der Waals surface area (Å²) in [7, 11) is -1.39. The van der Waals surface area contributed by atoms with Crippen molar-refractivity contribution in [1.29, 1.82) is 0 Å². The maximum atomic E-state index is 11.9. The van der Waals surface area contributed by atoms with Crippen molar-refractivity contribution >= 4 is 10.0 Å². The van der Waals surface area contributed by atoms with E-state index < -0.39 is 10.0 Å². The highest BCUT2D eigenvalue weighted by molar-refractivity contribution is 7.89. The summed E-state index contributed by atoms with van der Waals surface area (Å²) in [6, 6.07) is 2.21. The molecule has 1 aliphatic rings. The van der Waals surface area contributed by atoms with E-state index in [1.807, 2.05) is 7.05 Å². The molecule has 0 spiro atoms. The SMILES string of the molecule is CN(CCNS(=O)(=O)c1c[nH]c(CN)c1)C1CC1. The van der Waals surface area contributed by atoms with Crippen LogP contribution >= 0.6 is 0 Å². The lowest BCUT2D eigenvalue weighted by atomic mass is 10.4. The number of sulfonamides is 1. The van der Waals surface area contributed by atoms with Gasteiger partial charge < -0.3 is 15.6 Å². The van der Waals surface area contributed by atoms with Crippen molar-refractivity contribution in [2.45, 2.75) is 30.3 Å². The highest BCUT2D eigenvalue weighted by Crippen LogP contribution is 2.24. The zero-order valence-corrected chi connectivity index (χ0v) is 11.3. The summed E-state index contributed by atoms with van der Waals surface area (Å²) >= 11 is 0. The quantitative estimate of drug-likeness (QED) is 0.643. The third-order valence-electron chi connectivity index (χ3n) is 3.17. The van der Waals surface area contributed by atoms with Crippen LogP contribution in [0.4, 0.5) is 0 Å². The minimum absolute atomic E-state index is 0.247. The molecule has 0 amide bonds. The number of rotatable bonds is 7. The van der Waals surface area contributed by atoms with Gasteiger partial charge in [0, 0.05) is 37.6 Å². The van der Waals surface area contributed by atoms with E-state index in [1.165, 1.54) is 19.0 Å². The molecule has 1 aliphatic carbocycles. The molecule has 0 unspecified atom stereocenters. The molecule has 102 valence electrons. The van der Waals surface area contributed by atoms with Gasteiger partial charge in [0.25, 0.3) is 0 Å². The molecule has 0 radical (unpaired) electrons. The molecule has 1 fully saturated rings. The van der Waals surface area contributed by atoms with Crippen LogP contribution < -0.4 is 10.5 Å². The van der Waals surface area contributed by atoms with Gasteiger partial charge in [-0.25, -0.2) is 13.1 Å². The van der Waals surface area contributed by atoms with Gasteiger partial charge in [-0.1, -0.05) is 0 Å². The minimum Gasteiger partial charge on any atom is -0.363 e. The third kappa shape index (κ3) is 3.32. The van der Waals surface area contributed by atoms with Gasteiger partial charge >= 0.3 is 0 Å². The molecule has 0 aromatic carbocycles. The van der Waals surface area contributed by atoms with Crippen LogP contribution in [-0.4, -0.2) is 44.5 Å². The number of H-pyrrole nitrogens is 1. The van der Waals surface area contributed by atoms with Gasteiger partial charge in [-0.3, -0.25) is 0 Å². The molecule has 1 aromatic rings. The zero-order valence-electron chi connectivity index (χ0n) is 10.5. The molecule has 0 bridgehead atoms. The molecular formula is C11H20N4O2S. The summed E-state index contributed by atoms with van der Waals surface area (Å²) in [5.74, 6) is 0. The van der Waals surface area contributed by atoms with Crippen LogP contribution in [0.2, 0.25) is 0 Å². The van der Waals surface area contributed by atoms with E-state index in [0.29, 0.717) is 24.8 Å². The number of nitrogens with zero attached hydrogens (tertiary/aromatic N) is 1. The molecule has 0 saturated heterocycles. The van der Waals surface area contributed by atoms with E-state index in [9.17, 15) is 8.42 Å². The van der Waals surface area contributed by atoms with E-state index in [2.05, 4.69) is 14.6 Å². The van der Waals surface area contributed by atoms with Crippen molar-refractivity contribution in [2.75, 3.05) is 20.1 Å². The summed E-state index contributed by atoms with van der Waals surface area (Å²) in [5, 5.41) is 0. The fraction of sp³-hybridized carbons (Fsp3) is 0.636. The van der Waals surface area contributed by atoms with Crippen LogP contribution in [-0.2, 0) is 16.6 Å². The Kier molecular flexibility index (Phi) is 4.06. The van der Waals surface area contributed by atoms with E-state index in [4.69, 9.17) is 5.73 Å². The van der Waals surface area contributed by atoms with Crippen LogP contribution in [0.1, 0.15) is 18.5 Å². The van der Waals surface area contributed by atoms with Crippen LogP contribution in [0.5, 0.6) is 0 Å². The Labute approximate surface area is 108 Å². The maximum absolute atomic E-state index is 11.9. The van der Waals surface area contributed by atoms with Crippen LogP contribution in [0.3, 0.4) is 0 Å². The molecule has 7 heteroatoms. The van der Waals surface area contributed by atoms with E-state index in [0.717, 1.165) is 6.54 Å². The first-order chi connectivity index (χ1) is 8.53. The van der Waals surface area contributed by atoms with Crippen molar-refractivity contribution in [3.8, 4) is 0 Å². The molecule has 6 nitrogen and oxygen atoms in total. The number of aromatic nitrogens is 1. The molecule has 1 heterocycles. The summed E-state index contributed by atoms with van der Waals surface area (Å²) in [6.07, 6.45) is 3.91. The Morgan fingerprint density at radius 3 is 2.83 bits per heavy atom. The second-order valence-electron chi connectivity index (χ2n) is 4.67. The molecule has 18 heavy (non-hydrogen) atoms. The van der Waals surface area contributed by atoms with Gasteiger partial charge in [0.15, 0.2) is 0 Å². The van der Waals surface area contributed by atoms with Gasteiger partial charge in [0.2, 0.25) is 10.0 Å². The van der Waals surface area contributed by atoms with E-state index in [-0.39, 0.29) is 4.90 Å². The Hall–Kier alpha value is -0.890. The highest BCUT2D eigenvalue weighted by Gasteiger charge is 2.26. The number of hydrogen-bond donors (Lipinski definition) is 3. The summed E-state index contributed by atoms with van der Waals surface area (Å²) < 4.78 is 26.5. The lowest BCUT2D eigenvalue weighted by Crippen LogP contribution is -2.33. The molecular weight excluding hydrogens is 252 g/mol. The van der Waals surface area contributed by atoms with Gasteiger partial charge in [-0.2, -0.15) is 0 Å². The monoisotopic (exact) mass is 272 g/mol. The second-order valence-corrected chi connectivity index (χ2v) is 6.44. The first-order valence-electron chi connectivity index (χ1n) is 6.10. The van der Waals surface area contributed by atoms with Gasteiger partial charge in [-0.05, 0) is 26.0 Å². The van der Waals surface area contributed by atoms with Crippen molar-refractivity contribution in [3.63, 3.8) is 0 Å². The van der Waals surface area contributed by atoms with Crippen molar-refractivity contribution in [1.82, 2.24) is 14.6 Å². The van der Waals surface area contributed by atoms with Gasteiger partial charge in [0.1, 0.15) is 0 Å². The molecule has 1 saturated carbocycles. The fourth-order valence-electron chi connectivity index (χ4n) is 1.83. The Morgan fingerprint density at radius 1 is 1.56 bits per heavy atom. The minimum atomic E-state index is -3.41. The largest absolute Gasteiger partial charge is 0.363 e. The Morgan fingerprint density at radius 2 is 2.28 bits per heavy atom. The highest BCUT2D eigenvalue weighted by atomic mass is 32.2. The smallest absolute Gasteiger partial charge is 0.242 e. The topological polar surface area (TPSA) is 91.2 Å². The van der Waals surface area contributed by atoms with Crippen molar-refractivity contribution in [2.24, 2.45) is 5.73 Å². The summed E-state index contributed by atoms with van der Waals surface area (Å²) in [5.41, 5.74) is 6.15. The fourth-order valence-corrected chi connectivity index (χ4v) is 2.87. The Bertz CT molecular complexity index is 493. The van der Waals surface area contributed by atoms with Crippen molar-refractivity contribution < 1.29 is 8.42 Å². The third-order valence-corrected chi connectivity index (χ3v) is 4.61. The van der Waals surface area contributed by atoms with E-state index >= 15 is 0 Å². The molecule has 2 rings (SSSR count). The number of likely N-dealkylation sites (N-methyl/N-ethyl adjacent to an activating group) is 1. The van der Waals surface area contributed by atoms with Gasteiger partial charge in [0.05, 0.1) is 4.90 Å². The summed E-state index contributed by atoms with van der Waals surface area (Å²) in [4.78, 5) is 5.27. The number of hydrogen-bond acceptors (Lipinski definition) is 4. The lowest BCUT2D eigenvalue weighted by Gasteiger charge is -2.15. The molecule has 1 aromatic heterocycles. The zero-order chi connectivity index (χ0) is 13.2. The molecule has 4 N–H and O–H groups in total. The number of nitrogens with one attached hydrogen (secondary N) is 2. The van der Waals surface area contributed by atoms with Crippen LogP contribution in [0.25, 0.3) is 0 Å². The van der Waals surface area contributed by atoms with Crippen LogP contribution in [0.15, 0.2) is 17.2 Å². The van der Waals surface area contributed by atoms with Crippen LogP contribution in [0, 0.1) is 0 Å². The standard InChI is InChI=1S/C11H20N4O2S/c1-15(10-2-3-10)5-4-14-18(16,17)11-6-9(7-12)13-8-11/h6,8,10,13-14H,2-5,7,12H2,1H3.